The van der Waals surface area contributed by atoms with Crippen LogP contribution in [0.3, 0.4) is 0 Å². The number of benzene rings is 2. The van der Waals surface area contributed by atoms with Crippen molar-refractivity contribution in [3.8, 4) is 11.5 Å². The Kier molecular flexibility index (Phi) is 6.56. The maximum absolute atomic E-state index is 12.7. The second-order valence-electron chi connectivity index (χ2n) is 6.93. The van der Waals surface area contributed by atoms with Gasteiger partial charge in [-0.05, 0) is 43.2 Å². The molecule has 1 aliphatic rings. The molecular weight excluding hydrogens is 386 g/mol. The summed E-state index contributed by atoms with van der Waals surface area (Å²) in [5.74, 6) is 0.298. The fourth-order valence-corrected chi connectivity index (χ4v) is 3.33. The predicted octanol–water partition coefficient (Wildman–Crippen LogP) is 1.53. The Labute approximate surface area is 175 Å². The third kappa shape index (κ3) is 4.53. The van der Waals surface area contributed by atoms with E-state index in [1.807, 2.05) is 18.2 Å². The zero-order valence-electron chi connectivity index (χ0n) is 17.2. The van der Waals surface area contributed by atoms with E-state index in [0.29, 0.717) is 35.7 Å². The molecule has 0 saturated carbocycles. The van der Waals surface area contributed by atoms with Crippen LogP contribution in [0.4, 0.5) is 5.69 Å². The number of rotatable bonds is 7. The number of amides is 3. The van der Waals surface area contributed by atoms with Crippen LogP contribution in [-0.2, 0) is 16.0 Å². The highest BCUT2D eigenvalue weighted by Crippen LogP contribution is 2.27. The van der Waals surface area contributed by atoms with Gasteiger partial charge in [0.2, 0.25) is 11.8 Å². The summed E-state index contributed by atoms with van der Waals surface area (Å²) in [5.41, 5.74) is 1.78. The first kappa shape index (κ1) is 21.2. The summed E-state index contributed by atoms with van der Waals surface area (Å²) in [6, 6.07) is 11.6. The Balaban J connectivity index is 1.65. The Morgan fingerprint density at radius 2 is 1.83 bits per heavy atom. The zero-order chi connectivity index (χ0) is 21.7. The number of fused-ring (bicyclic) bond motifs is 1. The highest BCUT2D eigenvalue weighted by atomic mass is 16.5. The van der Waals surface area contributed by atoms with Crippen LogP contribution in [0.5, 0.6) is 11.5 Å². The molecule has 0 unspecified atom stereocenters. The first-order valence-corrected chi connectivity index (χ1v) is 9.63. The van der Waals surface area contributed by atoms with Gasteiger partial charge < -0.3 is 25.0 Å². The Morgan fingerprint density at radius 3 is 2.57 bits per heavy atom. The van der Waals surface area contributed by atoms with Crippen LogP contribution in [0.15, 0.2) is 42.5 Å². The van der Waals surface area contributed by atoms with Crippen LogP contribution >= 0.6 is 0 Å². The molecule has 1 atom stereocenters. The molecule has 30 heavy (non-hydrogen) atoms. The summed E-state index contributed by atoms with van der Waals surface area (Å²) in [6.45, 7) is 1.83. The van der Waals surface area contributed by atoms with Crippen molar-refractivity contribution in [3.63, 3.8) is 0 Å². The van der Waals surface area contributed by atoms with Gasteiger partial charge in [-0.3, -0.25) is 14.4 Å². The summed E-state index contributed by atoms with van der Waals surface area (Å²) < 4.78 is 10.5. The molecule has 8 nitrogen and oxygen atoms in total. The quantitative estimate of drug-likeness (QED) is 0.720. The van der Waals surface area contributed by atoms with Gasteiger partial charge in [0.15, 0.2) is 11.5 Å². The maximum atomic E-state index is 12.7. The SMILES string of the molecule is COc1ccc(CCNC(=O)CN2C(=O)[C@H](C)NC(=O)c3ccccc32)cc1OC. The van der Waals surface area contributed by atoms with E-state index in [4.69, 9.17) is 9.47 Å². The van der Waals surface area contributed by atoms with Gasteiger partial charge in [0.25, 0.3) is 5.91 Å². The van der Waals surface area contributed by atoms with Crippen molar-refractivity contribution in [2.45, 2.75) is 19.4 Å². The maximum Gasteiger partial charge on any atom is 0.254 e. The molecule has 2 aromatic carbocycles. The van der Waals surface area contributed by atoms with Gasteiger partial charge >= 0.3 is 0 Å². The first-order chi connectivity index (χ1) is 14.4. The zero-order valence-corrected chi connectivity index (χ0v) is 17.2. The first-order valence-electron chi connectivity index (χ1n) is 9.63. The van der Waals surface area contributed by atoms with E-state index in [1.165, 1.54) is 4.90 Å². The third-order valence-electron chi connectivity index (χ3n) is 4.91. The standard InChI is InChI=1S/C22H25N3O5/c1-14-22(28)25(17-7-5-4-6-16(17)21(27)24-14)13-20(26)23-11-10-15-8-9-18(29-2)19(12-15)30-3/h4-9,12,14H,10-11,13H2,1-3H3,(H,23,26)(H,24,27)/t14-/m0/s1. The second-order valence-corrected chi connectivity index (χ2v) is 6.93. The lowest BCUT2D eigenvalue weighted by molar-refractivity contribution is -0.124. The molecule has 1 heterocycles. The fraction of sp³-hybridized carbons (Fsp3) is 0.318. The minimum absolute atomic E-state index is 0.166. The molecule has 0 aromatic heterocycles. The van der Waals surface area contributed by atoms with E-state index in [2.05, 4.69) is 10.6 Å². The van der Waals surface area contributed by atoms with Gasteiger partial charge in [0, 0.05) is 6.54 Å². The van der Waals surface area contributed by atoms with E-state index in [-0.39, 0.29) is 24.3 Å². The number of methoxy groups -OCH3 is 2. The van der Waals surface area contributed by atoms with Gasteiger partial charge in [0.05, 0.1) is 25.5 Å². The normalized spacial score (nSPS) is 15.7. The molecular formula is C22H25N3O5. The lowest BCUT2D eigenvalue weighted by Crippen LogP contribution is -2.47. The van der Waals surface area contributed by atoms with Crippen molar-refractivity contribution in [1.82, 2.24) is 10.6 Å². The van der Waals surface area contributed by atoms with E-state index in [9.17, 15) is 14.4 Å². The molecule has 0 bridgehead atoms. The number of nitrogens with zero attached hydrogens (tertiary/aromatic N) is 1. The molecule has 8 heteroatoms. The number of hydrogen-bond donors (Lipinski definition) is 2. The van der Waals surface area contributed by atoms with Crippen LogP contribution < -0.4 is 25.0 Å². The van der Waals surface area contributed by atoms with Crippen LogP contribution in [0, 0.1) is 0 Å². The van der Waals surface area contributed by atoms with Gasteiger partial charge in [0.1, 0.15) is 12.6 Å². The van der Waals surface area contributed by atoms with Crippen molar-refractivity contribution in [1.29, 1.82) is 0 Å². The number of carbonyl (C=O) groups is 3. The topological polar surface area (TPSA) is 97.0 Å². The van der Waals surface area contributed by atoms with Crippen LogP contribution in [-0.4, -0.2) is 51.1 Å². The molecule has 1 aliphatic heterocycles. The minimum Gasteiger partial charge on any atom is -0.493 e. The van der Waals surface area contributed by atoms with Gasteiger partial charge in [-0.1, -0.05) is 18.2 Å². The number of para-hydroxylation sites is 1. The van der Waals surface area contributed by atoms with Crippen molar-refractivity contribution < 1.29 is 23.9 Å². The van der Waals surface area contributed by atoms with Crippen LogP contribution in [0.25, 0.3) is 0 Å². The van der Waals surface area contributed by atoms with Crippen molar-refractivity contribution in [2.24, 2.45) is 0 Å². The van der Waals surface area contributed by atoms with Crippen molar-refractivity contribution in [2.75, 3.05) is 32.2 Å². The average molecular weight is 411 g/mol. The van der Waals surface area contributed by atoms with Crippen molar-refractivity contribution >= 4 is 23.4 Å². The Morgan fingerprint density at radius 1 is 1.10 bits per heavy atom. The van der Waals surface area contributed by atoms with E-state index < -0.39 is 6.04 Å². The monoisotopic (exact) mass is 411 g/mol. The number of carbonyl (C=O) groups excluding carboxylic acids is 3. The summed E-state index contributed by atoms with van der Waals surface area (Å²) in [7, 11) is 3.14. The number of hydrogen-bond acceptors (Lipinski definition) is 5. The number of ether oxygens (including phenoxy) is 2. The van der Waals surface area contributed by atoms with Crippen molar-refractivity contribution in [3.05, 3.63) is 53.6 Å². The molecule has 158 valence electrons. The van der Waals surface area contributed by atoms with Gasteiger partial charge in [-0.2, -0.15) is 0 Å². The second kappa shape index (κ2) is 9.30. The fourth-order valence-electron chi connectivity index (χ4n) is 3.33. The highest BCUT2D eigenvalue weighted by Gasteiger charge is 2.32. The molecule has 2 N–H and O–H groups in total. The molecule has 0 radical (unpaired) electrons. The van der Waals surface area contributed by atoms with Gasteiger partial charge in [-0.25, -0.2) is 0 Å². The number of nitrogens with one attached hydrogen (secondary N) is 2. The smallest absolute Gasteiger partial charge is 0.254 e. The molecule has 0 saturated heterocycles. The summed E-state index contributed by atoms with van der Waals surface area (Å²) in [6.07, 6.45) is 0.590. The molecule has 3 rings (SSSR count). The highest BCUT2D eigenvalue weighted by molar-refractivity contribution is 6.12. The van der Waals surface area contributed by atoms with E-state index in [1.54, 1.807) is 45.4 Å². The van der Waals surface area contributed by atoms with E-state index in [0.717, 1.165) is 5.56 Å². The Bertz CT molecular complexity index is 960. The largest absolute Gasteiger partial charge is 0.493 e. The Hall–Kier alpha value is -3.55. The summed E-state index contributed by atoms with van der Waals surface area (Å²) in [4.78, 5) is 38.9. The summed E-state index contributed by atoms with van der Waals surface area (Å²) in [5, 5.41) is 5.48. The van der Waals surface area contributed by atoms with E-state index >= 15 is 0 Å². The molecule has 2 aromatic rings. The predicted molar refractivity (Wildman–Crippen MR) is 112 cm³/mol. The molecule has 3 amide bonds. The molecule has 0 fully saturated rings. The minimum atomic E-state index is -0.718. The number of anilines is 1. The van der Waals surface area contributed by atoms with Crippen LogP contribution in [0.1, 0.15) is 22.8 Å². The lowest BCUT2D eigenvalue weighted by atomic mass is 10.1. The molecule has 0 aliphatic carbocycles. The van der Waals surface area contributed by atoms with Crippen LogP contribution in [0.2, 0.25) is 0 Å². The average Bonchev–Trinajstić information content (AvgIpc) is 2.84. The van der Waals surface area contributed by atoms with Gasteiger partial charge in [-0.15, -0.1) is 0 Å². The third-order valence-corrected chi connectivity index (χ3v) is 4.91. The summed E-state index contributed by atoms with van der Waals surface area (Å²) >= 11 is 0. The molecule has 0 spiro atoms. The lowest BCUT2D eigenvalue weighted by Gasteiger charge is -2.23.